The Labute approximate surface area is 186 Å². The molecule has 0 bridgehead atoms. The number of benzene rings is 2. The van der Waals surface area contributed by atoms with Crippen LogP contribution in [0, 0.1) is 5.92 Å². The van der Waals surface area contributed by atoms with Crippen LogP contribution in [0.1, 0.15) is 39.9 Å². The lowest BCUT2D eigenvalue weighted by atomic mass is 9.95. The van der Waals surface area contributed by atoms with E-state index < -0.39 is 29.8 Å². The van der Waals surface area contributed by atoms with E-state index in [4.69, 9.17) is 0 Å². The zero-order valence-electron chi connectivity index (χ0n) is 18.0. The molecule has 1 aromatic heterocycles. The summed E-state index contributed by atoms with van der Waals surface area (Å²) >= 11 is 0. The molecule has 7 heteroatoms. The SMILES string of the molecule is C[C@H](C[C@@H](Cc1ccc(-c2ccccc2)cc1)NC(=O)c1ccc(C(=O)O)n1C)C(=O)O. The molecule has 3 aromatic rings. The third kappa shape index (κ3) is 5.43. The molecule has 0 aliphatic carbocycles. The highest BCUT2D eigenvalue weighted by Crippen LogP contribution is 2.21. The minimum absolute atomic E-state index is 0.00195. The number of nitrogens with one attached hydrogen (secondary N) is 1. The molecule has 3 N–H and O–H groups in total. The monoisotopic (exact) mass is 434 g/mol. The number of hydrogen-bond donors (Lipinski definition) is 3. The van der Waals surface area contributed by atoms with Crippen LogP contribution < -0.4 is 5.32 Å². The van der Waals surface area contributed by atoms with Crippen LogP contribution in [0.25, 0.3) is 11.1 Å². The lowest BCUT2D eigenvalue weighted by Crippen LogP contribution is -2.39. The van der Waals surface area contributed by atoms with Crippen LogP contribution in [0.15, 0.2) is 66.7 Å². The fourth-order valence-corrected chi connectivity index (χ4v) is 3.68. The lowest BCUT2D eigenvalue weighted by Gasteiger charge is -2.21. The predicted molar refractivity (Wildman–Crippen MR) is 121 cm³/mol. The van der Waals surface area contributed by atoms with Crippen LogP contribution in [0.5, 0.6) is 0 Å². The fourth-order valence-electron chi connectivity index (χ4n) is 3.68. The number of aromatic carboxylic acids is 1. The van der Waals surface area contributed by atoms with Gasteiger partial charge < -0.3 is 20.1 Å². The summed E-state index contributed by atoms with van der Waals surface area (Å²) in [7, 11) is 1.51. The summed E-state index contributed by atoms with van der Waals surface area (Å²) in [6.07, 6.45) is 0.701. The molecule has 32 heavy (non-hydrogen) atoms. The molecule has 0 spiro atoms. The Balaban J connectivity index is 1.77. The Kier molecular flexibility index (Phi) is 7.10. The summed E-state index contributed by atoms with van der Waals surface area (Å²) in [4.78, 5) is 35.5. The Bertz CT molecular complexity index is 1100. The van der Waals surface area contributed by atoms with Crippen LogP contribution in [0.2, 0.25) is 0 Å². The Morgan fingerprint density at radius 1 is 0.875 bits per heavy atom. The first kappa shape index (κ1) is 22.8. The molecule has 1 heterocycles. The summed E-state index contributed by atoms with van der Waals surface area (Å²) in [6, 6.07) is 20.3. The number of nitrogens with zero attached hydrogens (tertiary/aromatic N) is 1. The van der Waals surface area contributed by atoms with Crippen LogP contribution in [-0.4, -0.2) is 38.7 Å². The molecule has 1 amide bonds. The summed E-state index contributed by atoms with van der Waals surface area (Å²) in [5, 5.41) is 21.4. The van der Waals surface area contributed by atoms with Gasteiger partial charge in [0.2, 0.25) is 0 Å². The molecule has 0 unspecified atom stereocenters. The van der Waals surface area contributed by atoms with Gasteiger partial charge in [0, 0.05) is 13.1 Å². The molecular formula is C25H26N2O5. The Morgan fingerprint density at radius 2 is 1.47 bits per heavy atom. The smallest absolute Gasteiger partial charge is 0.352 e. The zero-order chi connectivity index (χ0) is 23.3. The number of carboxylic acid groups (broad SMARTS) is 2. The van der Waals surface area contributed by atoms with Crippen LogP contribution in [0.4, 0.5) is 0 Å². The highest BCUT2D eigenvalue weighted by molar-refractivity contribution is 5.96. The molecule has 3 rings (SSSR count). The molecule has 0 aliphatic heterocycles. The molecule has 7 nitrogen and oxygen atoms in total. The van der Waals surface area contributed by atoms with Gasteiger partial charge in [-0.05, 0) is 41.7 Å². The third-order valence-electron chi connectivity index (χ3n) is 5.51. The maximum Gasteiger partial charge on any atom is 0.352 e. The molecule has 0 radical (unpaired) electrons. The number of aromatic nitrogens is 1. The molecule has 0 saturated heterocycles. The van der Waals surface area contributed by atoms with E-state index in [0.717, 1.165) is 16.7 Å². The van der Waals surface area contributed by atoms with Crippen LogP contribution >= 0.6 is 0 Å². The van der Waals surface area contributed by atoms with E-state index in [1.165, 1.54) is 23.7 Å². The van der Waals surface area contributed by atoms with Gasteiger partial charge in [0.05, 0.1) is 5.92 Å². The molecule has 2 atom stereocenters. The van der Waals surface area contributed by atoms with Gasteiger partial charge >= 0.3 is 11.9 Å². The minimum atomic E-state index is -1.12. The quantitative estimate of drug-likeness (QED) is 0.474. The number of rotatable bonds is 9. The molecule has 0 aliphatic rings. The van der Waals surface area contributed by atoms with Crippen molar-refractivity contribution in [2.75, 3.05) is 0 Å². The van der Waals surface area contributed by atoms with Crippen LogP contribution in [0.3, 0.4) is 0 Å². The van der Waals surface area contributed by atoms with Crippen molar-refractivity contribution in [2.45, 2.75) is 25.8 Å². The van der Waals surface area contributed by atoms with Gasteiger partial charge in [0.25, 0.3) is 5.91 Å². The first-order chi connectivity index (χ1) is 15.3. The third-order valence-corrected chi connectivity index (χ3v) is 5.51. The number of amides is 1. The topological polar surface area (TPSA) is 109 Å². The van der Waals surface area contributed by atoms with Gasteiger partial charge in [-0.1, -0.05) is 61.5 Å². The van der Waals surface area contributed by atoms with E-state index in [0.29, 0.717) is 6.42 Å². The average molecular weight is 434 g/mol. The first-order valence-electron chi connectivity index (χ1n) is 10.3. The summed E-state index contributed by atoms with van der Waals surface area (Å²) < 4.78 is 1.31. The van der Waals surface area contributed by atoms with Crippen LogP contribution in [-0.2, 0) is 18.3 Å². The van der Waals surface area contributed by atoms with Crippen molar-refractivity contribution in [1.29, 1.82) is 0 Å². The number of carbonyl (C=O) groups is 3. The van der Waals surface area contributed by atoms with E-state index in [1.54, 1.807) is 6.92 Å². The van der Waals surface area contributed by atoms with Gasteiger partial charge in [-0.3, -0.25) is 9.59 Å². The second kappa shape index (κ2) is 9.96. The van der Waals surface area contributed by atoms with E-state index in [1.807, 2.05) is 54.6 Å². The summed E-state index contributed by atoms with van der Waals surface area (Å²) in [5.74, 6) is -3.15. The second-order valence-corrected chi connectivity index (χ2v) is 7.88. The van der Waals surface area contributed by atoms with Gasteiger partial charge in [-0.25, -0.2) is 4.79 Å². The second-order valence-electron chi connectivity index (χ2n) is 7.88. The zero-order valence-corrected chi connectivity index (χ0v) is 18.0. The lowest BCUT2D eigenvalue weighted by molar-refractivity contribution is -0.141. The van der Waals surface area contributed by atoms with Gasteiger partial charge in [0.15, 0.2) is 0 Å². The maximum absolute atomic E-state index is 12.8. The molecular weight excluding hydrogens is 408 g/mol. The first-order valence-corrected chi connectivity index (χ1v) is 10.3. The van der Waals surface area contributed by atoms with E-state index in [2.05, 4.69) is 5.32 Å². The van der Waals surface area contributed by atoms with Crippen molar-refractivity contribution in [3.8, 4) is 11.1 Å². The largest absolute Gasteiger partial charge is 0.481 e. The number of carbonyl (C=O) groups excluding carboxylic acids is 1. The normalized spacial score (nSPS) is 12.7. The van der Waals surface area contributed by atoms with Crippen molar-refractivity contribution in [1.82, 2.24) is 9.88 Å². The molecule has 166 valence electrons. The average Bonchev–Trinajstić information content (AvgIpc) is 3.16. The summed E-state index contributed by atoms with van der Waals surface area (Å²) in [5.41, 5.74) is 3.34. The van der Waals surface area contributed by atoms with Gasteiger partial charge in [-0.2, -0.15) is 0 Å². The fraction of sp³-hybridized carbons (Fsp3) is 0.240. The van der Waals surface area contributed by atoms with Gasteiger partial charge in [-0.15, -0.1) is 0 Å². The molecule has 0 saturated carbocycles. The standard InChI is InChI=1S/C25H26N2O5/c1-16(24(29)30)14-20(26-23(28)21-12-13-22(25(31)32)27(21)2)15-17-8-10-19(11-9-17)18-6-4-3-5-7-18/h3-13,16,20H,14-15H2,1-2H3,(H,26,28)(H,29,30)(H,31,32)/t16-,20+/m1/s1. The number of aliphatic carboxylic acids is 1. The van der Waals surface area contributed by atoms with Crippen molar-refractivity contribution < 1.29 is 24.6 Å². The Morgan fingerprint density at radius 3 is 2.03 bits per heavy atom. The van der Waals surface area contributed by atoms with Crippen molar-refractivity contribution in [3.63, 3.8) is 0 Å². The number of hydrogen-bond acceptors (Lipinski definition) is 3. The highest BCUT2D eigenvalue weighted by atomic mass is 16.4. The predicted octanol–water partition coefficient (Wildman–Crippen LogP) is 3.84. The number of carboxylic acids is 2. The molecule has 0 fully saturated rings. The Hall–Kier alpha value is -3.87. The highest BCUT2D eigenvalue weighted by Gasteiger charge is 2.23. The van der Waals surface area contributed by atoms with E-state index in [-0.39, 0.29) is 17.8 Å². The van der Waals surface area contributed by atoms with Crippen molar-refractivity contribution in [3.05, 3.63) is 83.7 Å². The molecule has 2 aromatic carbocycles. The minimum Gasteiger partial charge on any atom is -0.481 e. The van der Waals surface area contributed by atoms with E-state index in [9.17, 15) is 24.6 Å². The van der Waals surface area contributed by atoms with Crippen molar-refractivity contribution in [2.24, 2.45) is 13.0 Å². The van der Waals surface area contributed by atoms with Crippen molar-refractivity contribution >= 4 is 17.8 Å². The van der Waals surface area contributed by atoms with E-state index >= 15 is 0 Å². The summed E-state index contributed by atoms with van der Waals surface area (Å²) in [6.45, 7) is 1.60. The van der Waals surface area contributed by atoms with Gasteiger partial charge in [0.1, 0.15) is 11.4 Å². The maximum atomic E-state index is 12.8.